The first-order valence-corrected chi connectivity index (χ1v) is 21.2. The standard InChI is InChI=1S/C46H52N4O15/c1-2-3-4-7-25-18-45(59)43(58)46(60,37(25)29-19-48-22-49-29)41(42(56)57)65-44(45)64-33-17-32-36(39(55)40(33)61-21-23-6-5-8-26(52)15-23)30(53)16-31(63-32)24-9-11-27(12-10-24)62-34(20-51)38(54)28-13-14-35(47)50-28/h5-6,8-18,29,34,37-38,41,43-44,48-52,54-55,58-60H,2-4,7,19-22,47H2,1H3,(H,56,57). The third kappa shape index (κ3) is 8.60. The van der Waals surface area contributed by atoms with Crippen LogP contribution in [0.25, 0.3) is 22.3 Å². The monoisotopic (exact) mass is 900 g/mol. The second-order valence-electron chi connectivity index (χ2n) is 16.6. The van der Waals surface area contributed by atoms with Crippen LogP contribution in [0.15, 0.2) is 93.7 Å². The normalized spacial score (nSPS) is 26.1. The van der Waals surface area contributed by atoms with Gasteiger partial charge in [-0.3, -0.25) is 10.1 Å². The fourth-order valence-electron chi connectivity index (χ4n) is 9.08. The molecule has 5 aromatic rings. The molecule has 1 aliphatic carbocycles. The zero-order chi connectivity index (χ0) is 46.2. The van der Waals surface area contributed by atoms with Gasteiger partial charge in [0.2, 0.25) is 12.0 Å². The molecule has 0 saturated carbocycles. The molecule has 2 bridgehead atoms. The second kappa shape index (κ2) is 18.4. The lowest BCUT2D eigenvalue weighted by Gasteiger charge is -2.58. The number of anilines is 1. The Balaban J connectivity index is 1.18. The van der Waals surface area contributed by atoms with Gasteiger partial charge in [-0.25, -0.2) is 4.79 Å². The Morgan fingerprint density at radius 2 is 1.83 bits per heavy atom. The largest absolute Gasteiger partial charge is 0.508 e. The van der Waals surface area contributed by atoms with E-state index in [0.717, 1.165) is 18.9 Å². The Labute approximate surface area is 371 Å². The van der Waals surface area contributed by atoms with Gasteiger partial charge in [-0.1, -0.05) is 37.5 Å². The highest BCUT2D eigenvalue weighted by Gasteiger charge is 2.71. The summed E-state index contributed by atoms with van der Waals surface area (Å²) in [5.41, 5.74) is 1.26. The number of aliphatic hydroxyl groups excluding tert-OH is 3. The number of aromatic amines is 1. The number of phenols is 2. The molecule has 9 unspecified atom stereocenters. The summed E-state index contributed by atoms with van der Waals surface area (Å²) in [5.74, 6) is -3.76. The van der Waals surface area contributed by atoms with Crippen molar-refractivity contribution in [2.75, 3.05) is 25.6 Å². The third-order valence-corrected chi connectivity index (χ3v) is 12.2. The number of aromatic nitrogens is 1. The van der Waals surface area contributed by atoms with Crippen LogP contribution in [0.1, 0.15) is 50.0 Å². The quantitative estimate of drug-likeness (QED) is 0.0471. The van der Waals surface area contributed by atoms with Crippen molar-refractivity contribution >= 4 is 22.8 Å². The predicted octanol–water partition coefficient (Wildman–Crippen LogP) is 2.50. The molecule has 19 nitrogen and oxygen atoms in total. The fraction of sp³-hybridized carbons (Fsp3) is 0.391. The van der Waals surface area contributed by atoms with E-state index in [9.17, 15) is 50.4 Å². The number of nitrogens with one attached hydrogen (secondary N) is 3. The number of carbonyl (C=O) groups is 1. The van der Waals surface area contributed by atoms with Crippen LogP contribution < -0.4 is 36.0 Å². The maximum Gasteiger partial charge on any atom is 0.336 e. The van der Waals surface area contributed by atoms with Crippen molar-refractivity contribution in [2.45, 2.75) is 87.2 Å². The average molecular weight is 901 g/mol. The number of phenolic OH excluding ortho intramolecular Hbond substituents is 2. The van der Waals surface area contributed by atoms with Crippen molar-refractivity contribution in [2.24, 2.45) is 5.92 Å². The maximum absolute atomic E-state index is 13.9. The summed E-state index contributed by atoms with van der Waals surface area (Å²) in [4.78, 5) is 29.7. The van der Waals surface area contributed by atoms with E-state index in [1.165, 1.54) is 36.4 Å². The summed E-state index contributed by atoms with van der Waals surface area (Å²) >= 11 is 0. The van der Waals surface area contributed by atoms with Gasteiger partial charge in [-0.05, 0) is 73.0 Å². The number of rotatable bonds is 17. The Bertz CT molecular complexity index is 2610. The number of H-pyrrole nitrogens is 1. The number of benzene rings is 3. The van der Waals surface area contributed by atoms with E-state index in [1.807, 2.05) is 6.92 Å². The lowest BCUT2D eigenvalue weighted by atomic mass is 9.59. The number of aromatic hydroxyl groups is 2. The Hall–Kier alpha value is -6.16. The summed E-state index contributed by atoms with van der Waals surface area (Å²) in [6.45, 7) is 1.86. The minimum Gasteiger partial charge on any atom is -0.508 e. The topological polar surface area (TPSA) is 312 Å². The van der Waals surface area contributed by atoms with Crippen LogP contribution in [0.3, 0.4) is 0 Å². The van der Waals surface area contributed by atoms with Gasteiger partial charge < -0.3 is 80.3 Å². The number of hydrogen-bond donors (Lipinski definition) is 12. The van der Waals surface area contributed by atoms with Crippen LogP contribution in [0, 0.1) is 5.92 Å². The number of carboxylic acids is 1. The molecule has 19 heteroatoms. The highest BCUT2D eigenvalue weighted by molar-refractivity contribution is 5.89. The molecule has 0 amide bonds. The minimum absolute atomic E-state index is 0.0143. The number of nitrogen functional groups attached to an aromatic ring is 1. The molecule has 8 rings (SSSR count). The van der Waals surface area contributed by atoms with Crippen molar-refractivity contribution in [3.05, 3.63) is 106 Å². The fourth-order valence-corrected chi connectivity index (χ4v) is 9.08. The zero-order valence-corrected chi connectivity index (χ0v) is 35.2. The van der Waals surface area contributed by atoms with Crippen LogP contribution in [-0.2, 0) is 16.1 Å². The molecule has 2 aliphatic heterocycles. The van der Waals surface area contributed by atoms with Gasteiger partial charge in [0, 0.05) is 48.6 Å². The number of ether oxygens (including phenoxy) is 4. The van der Waals surface area contributed by atoms with Crippen molar-refractivity contribution in [1.29, 1.82) is 0 Å². The van der Waals surface area contributed by atoms with Crippen molar-refractivity contribution < 1.29 is 69.0 Å². The number of aliphatic hydroxyl groups is 5. The molecular weight excluding hydrogens is 849 g/mol. The first kappa shape index (κ1) is 45.4. The van der Waals surface area contributed by atoms with E-state index in [-0.39, 0.29) is 34.8 Å². The molecule has 2 aromatic heterocycles. The van der Waals surface area contributed by atoms with Crippen molar-refractivity contribution in [3.8, 4) is 40.1 Å². The van der Waals surface area contributed by atoms with Crippen LogP contribution in [0.4, 0.5) is 5.82 Å². The first-order chi connectivity index (χ1) is 31.2. The molecule has 346 valence electrons. The lowest BCUT2D eigenvalue weighted by Crippen LogP contribution is -2.79. The van der Waals surface area contributed by atoms with Gasteiger partial charge in [0.1, 0.15) is 58.5 Å². The van der Waals surface area contributed by atoms with Gasteiger partial charge in [0.15, 0.2) is 34.7 Å². The van der Waals surface area contributed by atoms with Gasteiger partial charge in [-0.2, -0.15) is 0 Å². The van der Waals surface area contributed by atoms with Gasteiger partial charge >= 0.3 is 5.97 Å². The maximum atomic E-state index is 13.9. The SMILES string of the molecule is CCCCCC1=CC2(O)C(Oc3cc4oc(-c5ccc(OC(CO)C(O)c6ccc(N)[nH]6)cc5)cc(=O)c4c(O)c3OCc3cccc(O)c3)OC(C(=O)O)C(O)(C1C1CNCN1)C2O. The number of fused-ring (bicyclic) bond motifs is 3. The number of unbranched alkanes of at least 4 members (excludes halogenated alkanes) is 2. The molecule has 9 atom stereocenters. The van der Waals surface area contributed by atoms with E-state index < -0.39 is 89.1 Å². The highest BCUT2D eigenvalue weighted by atomic mass is 16.7. The molecule has 0 radical (unpaired) electrons. The van der Waals surface area contributed by atoms with Crippen LogP contribution in [0.5, 0.6) is 28.7 Å². The minimum atomic E-state index is -2.58. The summed E-state index contributed by atoms with van der Waals surface area (Å²) in [6, 6.07) is 17.1. The van der Waals surface area contributed by atoms with E-state index in [2.05, 4.69) is 15.6 Å². The van der Waals surface area contributed by atoms with Gasteiger partial charge in [0.25, 0.3) is 0 Å². The van der Waals surface area contributed by atoms with Gasteiger partial charge in [0.05, 0.1) is 6.61 Å². The number of carboxylic acid groups (broad SMARTS) is 1. The first-order valence-electron chi connectivity index (χ1n) is 21.2. The second-order valence-corrected chi connectivity index (χ2v) is 16.6. The van der Waals surface area contributed by atoms with E-state index in [0.29, 0.717) is 54.3 Å². The Morgan fingerprint density at radius 1 is 1.05 bits per heavy atom. The van der Waals surface area contributed by atoms with Crippen molar-refractivity contribution in [3.63, 3.8) is 0 Å². The molecular formula is C46H52N4O15. The number of hydrogen-bond acceptors (Lipinski definition) is 17. The molecule has 2 fully saturated rings. The predicted molar refractivity (Wildman–Crippen MR) is 232 cm³/mol. The Morgan fingerprint density at radius 3 is 2.49 bits per heavy atom. The van der Waals surface area contributed by atoms with Gasteiger partial charge in [-0.15, -0.1) is 0 Å². The lowest BCUT2D eigenvalue weighted by molar-refractivity contribution is -0.344. The molecule has 65 heavy (non-hydrogen) atoms. The summed E-state index contributed by atoms with van der Waals surface area (Å²) in [5, 5.41) is 96.1. The van der Waals surface area contributed by atoms with E-state index in [4.69, 9.17) is 29.1 Å². The summed E-state index contributed by atoms with van der Waals surface area (Å²) < 4.78 is 30.3. The van der Waals surface area contributed by atoms with E-state index >= 15 is 0 Å². The summed E-state index contributed by atoms with van der Waals surface area (Å²) in [6.07, 6.45) is -4.74. The average Bonchev–Trinajstić information content (AvgIpc) is 3.97. The van der Waals surface area contributed by atoms with Crippen LogP contribution in [0.2, 0.25) is 0 Å². The number of nitrogens with two attached hydrogens (primary N) is 1. The zero-order valence-electron chi connectivity index (χ0n) is 35.2. The molecule has 3 aromatic carbocycles. The molecule has 0 spiro atoms. The van der Waals surface area contributed by atoms with Crippen LogP contribution in [-0.4, -0.2) is 113 Å². The van der Waals surface area contributed by atoms with E-state index in [1.54, 1.807) is 36.4 Å². The Kier molecular flexibility index (Phi) is 12.8. The molecule has 4 heterocycles. The molecule has 13 N–H and O–H groups in total. The van der Waals surface area contributed by atoms with Crippen LogP contribution >= 0.6 is 0 Å². The highest BCUT2D eigenvalue weighted by Crippen LogP contribution is 2.53. The summed E-state index contributed by atoms with van der Waals surface area (Å²) in [7, 11) is 0. The van der Waals surface area contributed by atoms with Crippen molar-refractivity contribution in [1.82, 2.24) is 15.6 Å². The number of aliphatic carboxylic acids is 1. The third-order valence-electron chi connectivity index (χ3n) is 12.2. The molecule has 3 aliphatic rings. The smallest absolute Gasteiger partial charge is 0.336 e. The molecule has 2 saturated heterocycles.